The molecule has 0 aliphatic heterocycles. The van der Waals surface area contributed by atoms with Crippen LogP contribution in [-0.4, -0.2) is 20.0 Å². The van der Waals surface area contributed by atoms with Crippen LogP contribution in [0.5, 0.6) is 11.5 Å². The van der Waals surface area contributed by atoms with E-state index in [1.165, 1.54) is 6.92 Å². The van der Waals surface area contributed by atoms with Crippen molar-refractivity contribution in [1.29, 1.82) is 0 Å². The summed E-state index contributed by atoms with van der Waals surface area (Å²) in [5.41, 5.74) is 7.40. The molecule has 0 aliphatic carbocycles. The molecule has 0 amide bonds. The van der Waals surface area contributed by atoms with Crippen molar-refractivity contribution in [3.8, 4) is 11.5 Å². The van der Waals surface area contributed by atoms with Crippen molar-refractivity contribution in [3.05, 3.63) is 23.3 Å². The van der Waals surface area contributed by atoms with E-state index in [2.05, 4.69) is 0 Å². The van der Waals surface area contributed by atoms with E-state index in [1.54, 1.807) is 20.3 Å². The first-order valence-corrected chi connectivity index (χ1v) is 4.99. The van der Waals surface area contributed by atoms with Crippen LogP contribution in [0.4, 0.5) is 0 Å². The van der Waals surface area contributed by atoms with Crippen molar-refractivity contribution in [3.63, 3.8) is 0 Å². The Hall–Kier alpha value is -1.55. The Kier molecular flexibility index (Phi) is 3.90. The molecule has 1 rings (SSSR count). The summed E-state index contributed by atoms with van der Waals surface area (Å²) in [6, 6.07) is 2.89. The van der Waals surface area contributed by atoms with Crippen molar-refractivity contribution in [2.45, 2.75) is 19.9 Å². The Labute approximate surface area is 95.3 Å². The molecule has 4 heteroatoms. The van der Waals surface area contributed by atoms with Gasteiger partial charge in [-0.2, -0.15) is 0 Å². The zero-order chi connectivity index (χ0) is 12.3. The molecule has 2 N–H and O–H groups in total. The van der Waals surface area contributed by atoms with Gasteiger partial charge in [-0.1, -0.05) is 0 Å². The van der Waals surface area contributed by atoms with Crippen LogP contribution < -0.4 is 15.2 Å². The minimum atomic E-state index is -0.676. The van der Waals surface area contributed by atoms with Gasteiger partial charge < -0.3 is 15.2 Å². The van der Waals surface area contributed by atoms with Gasteiger partial charge in [-0.25, -0.2) is 0 Å². The largest absolute Gasteiger partial charge is 0.496 e. The number of benzene rings is 1. The predicted octanol–water partition coefficient (Wildman–Crippen LogP) is 1.60. The highest BCUT2D eigenvalue weighted by Gasteiger charge is 2.18. The molecule has 4 nitrogen and oxygen atoms in total. The summed E-state index contributed by atoms with van der Waals surface area (Å²) in [5.74, 6) is 1.21. The number of methoxy groups -OCH3 is 2. The molecule has 0 fully saturated rings. The Morgan fingerprint density at radius 3 is 2.25 bits per heavy atom. The van der Waals surface area contributed by atoms with Crippen LogP contribution in [0.1, 0.15) is 24.1 Å². The van der Waals surface area contributed by atoms with Crippen LogP contribution in [0.2, 0.25) is 0 Å². The molecule has 1 atom stereocenters. The molecule has 0 aliphatic rings. The lowest BCUT2D eigenvalue weighted by atomic mass is 10.0. The van der Waals surface area contributed by atoms with Crippen LogP contribution in [0.15, 0.2) is 12.1 Å². The molecule has 0 aromatic heterocycles. The van der Waals surface area contributed by atoms with Gasteiger partial charge in [-0.3, -0.25) is 4.79 Å². The third-order valence-corrected chi connectivity index (χ3v) is 2.52. The second-order valence-corrected chi connectivity index (χ2v) is 3.65. The van der Waals surface area contributed by atoms with Crippen LogP contribution in [0, 0.1) is 6.92 Å². The molecule has 0 saturated heterocycles. The van der Waals surface area contributed by atoms with E-state index in [1.807, 2.05) is 13.0 Å². The maximum atomic E-state index is 11.3. The van der Waals surface area contributed by atoms with E-state index in [0.717, 1.165) is 5.56 Å². The Balaban J connectivity index is 3.29. The average molecular weight is 223 g/mol. The number of ether oxygens (including phenoxy) is 2. The van der Waals surface area contributed by atoms with Crippen LogP contribution in [0.3, 0.4) is 0 Å². The number of hydrogen-bond donors (Lipinski definition) is 1. The van der Waals surface area contributed by atoms with Crippen LogP contribution in [-0.2, 0) is 4.79 Å². The highest BCUT2D eigenvalue weighted by Crippen LogP contribution is 2.31. The molecule has 0 saturated carbocycles. The number of nitrogens with two attached hydrogens (primary N) is 1. The van der Waals surface area contributed by atoms with Crippen molar-refractivity contribution in [1.82, 2.24) is 0 Å². The number of Topliss-reactive ketones (excluding diaryl/α,β-unsaturated/α-hetero) is 1. The normalized spacial score (nSPS) is 12.1. The van der Waals surface area contributed by atoms with Gasteiger partial charge in [0.1, 0.15) is 11.5 Å². The summed E-state index contributed by atoms with van der Waals surface area (Å²) in [6.45, 7) is 3.36. The van der Waals surface area contributed by atoms with E-state index in [0.29, 0.717) is 17.1 Å². The van der Waals surface area contributed by atoms with Gasteiger partial charge in [-0.05, 0) is 31.5 Å². The average Bonchev–Trinajstić information content (AvgIpc) is 2.27. The first-order valence-electron chi connectivity index (χ1n) is 4.99. The third-order valence-electron chi connectivity index (χ3n) is 2.52. The minimum absolute atomic E-state index is 0.107. The SMILES string of the molecule is COc1cc(C(N)C(C)=O)c(OC)cc1C. The topological polar surface area (TPSA) is 61.5 Å². The highest BCUT2D eigenvalue weighted by atomic mass is 16.5. The zero-order valence-electron chi connectivity index (χ0n) is 10.0. The second-order valence-electron chi connectivity index (χ2n) is 3.65. The summed E-state index contributed by atoms with van der Waals surface area (Å²) in [4.78, 5) is 11.3. The molecule has 16 heavy (non-hydrogen) atoms. The Bertz CT molecular complexity index is 401. The van der Waals surface area contributed by atoms with Gasteiger partial charge in [-0.15, -0.1) is 0 Å². The van der Waals surface area contributed by atoms with Crippen LogP contribution in [0.25, 0.3) is 0 Å². The summed E-state index contributed by atoms with van der Waals surface area (Å²) in [6.07, 6.45) is 0. The molecular formula is C12H17NO3. The van der Waals surface area contributed by atoms with E-state index in [4.69, 9.17) is 15.2 Å². The third kappa shape index (κ3) is 2.33. The van der Waals surface area contributed by atoms with Gasteiger partial charge >= 0.3 is 0 Å². The standard InChI is InChI=1S/C12H17NO3/c1-7-5-11(16-4)9(6-10(7)15-3)12(13)8(2)14/h5-6,12H,13H2,1-4H3. The maximum absolute atomic E-state index is 11.3. The predicted molar refractivity (Wildman–Crippen MR) is 61.9 cm³/mol. The second kappa shape index (κ2) is 4.99. The number of rotatable bonds is 4. The molecule has 1 aromatic rings. The van der Waals surface area contributed by atoms with Crippen LogP contribution >= 0.6 is 0 Å². The van der Waals surface area contributed by atoms with Gasteiger partial charge in [0.2, 0.25) is 0 Å². The highest BCUT2D eigenvalue weighted by molar-refractivity contribution is 5.83. The Morgan fingerprint density at radius 2 is 1.81 bits per heavy atom. The summed E-state index contributed by atoms with van der Waals surface area (Å²) >= 11 is 0. The smallest absolute Gasteiger partial charge is 0.151 e. The van der Waals surface area contributed by atoms with Crippen molar-refractivity contribution >= 4 is 5.78 Å². The first kappa shape index (κ1) is 12.5. The molecule has 88 valence electrons. The fourth-order valence-electron chi connectivity index (χ4n) is 1.54. The molecule has 0 heterocycles. The molecule has 0 bridgehead atoms. The molecule has 1 unspecified atom stereocenters. The van der Waals surface area contributed by atoms with Gasteiger partial charge in [0.15, 0.2) is 5.78 Å². The van der Waals surface area contributed by atoms with Gasteiger partial charge in [0.25, 0.3) is 0 Å². The fourth-order valence-corrected chi connectivity index (χ4v) is 1.54. The molecule has 0 radical (unpaired) electrons. The minimum Gasteiger partial charge on any atom is -0.496 e. The van der Waals surface area contributed by atoms with Gasteiger partial charge in [0, 0.05) is 5.56 Å². The van der Waals surface area contributed by atoms with E-state index >= 15 is 0 Å². The van der Waals surface area contributed by atoms with E-state index < -0.39 is 6.04 Å². The lowest BCUT2D eigenvalue weighted by molar-refractivity contribution is -0.118. The maximum Gasteiger partial charge on any atom is 0.151 e. The summed E-state index contributed by atoms with van der Waals surface area (Å²) < 4.78 is 10.4. The first-order chi connectivity index (χ1) is 7.51. The number of ketones is 1. The number of aryl methyl sites for hydroxylation is 1. The van der Waals surface area contributed by atoms with Crippen molar-refractivity contribution in [2.75, 3.05) is 14.2 Å². The lowest BCUT2D eigenvalue weighted by Gasteiger charge is -2.16. The Morgan fingerprint density at radius 1 is 1.25 bits per heavy atom. The number of carbonyl (C=O) groups is 1. The fraction of sp³-hybridized carbons (Fsp3) is 0.417. The molecule has 0 spiro atoms. The van der Waals surface area contributed by atoms with Gasteiger partial charge in [0.05, 0.1) is 20.3 Å². The monoisotopic (exact) mass is 223 g/mol. The summed E-state index contributed by atoms with van der Waals surface area (Å²) in [7, 11) is 3.13. The van der Waals surface area contributed by atoms with E-state index in [-0.39, 0.29) is 5.78 Å². The van der Waals surface area contributed by atoms with E-state index in [9.17, 15) is 4.79 Å². The number of carbonyl (C=O) groups excluding carboxylic acids is 1. The lowest BCUT2D eigenvalue weighted by Crippen LogP contribution is -2.19. The zero-order valence-corrected chi connectivity index (χ0v) is 10.0. The summed E-state index contributed by atoms with van der Waals surface area (Å²) in [5, 5.41) is 0. The van der Waals surface area contributed by atoms with Crippen molar-refractivity contribution < 1.29 is 14.3 Å². The number of hydrogen-bond acceptors (Lipinski definition) is 4. The van der Waals surface area contributed by atoms with Crippen molar-refractivity contribution in [2.24, 2.45) is 5.73 Å². The quantitative estimate of drug-likeness (QED) is 0.842. The molecular weight excluding hydrogens is 206 g/mol. The molecule has 1 aromatic carbocycles.